The monoisotopic (exact) mass is 494 g/mol. The molecule has 1 fully saturated rings. The summed E-state index contributed by atoms with van der Waals surface area (Å²) >= 11 is 6.19. The van der Waals surface area contributed by atoms with Crippen LogP contribution in [0.2, 0.25) is 5.02 Å². The number of aliphatic hydroxyl groups is 1. The van der Waals surface area contributed by atoms with E-state index in [0.717, 1.165) is 63.4 Å². The zero-order chi connectivity index (χ0) is 24.9. The summed E-state index contributed by atoms with van der Waals surface area (Å²) in [6.45, 7) is 1.56. The van der Waals surface area contributed by atoms with Gasteiger partial charge in [0.25, 0.3) is 0 Å². The summed E-state index contributed by atoms with van der Waals surface area (Å²) in [5.74, 6) is -1.37. The maximum absolute atomic E-state index is 12.4. The van der Waals surface area contributed by atoms with Gasteiger partial charge in [0.2, 0.25) is 5.91 Å². The average Bonchev–Trinajstić information content (AvgIpc) is 2.85. The number of benzene rings is 1. The Bertz CT molecular complexity index is 894. The van der Waals surface area contributed by atoms with Crippen LogP contribution in [0.15, 0.2) is 23.2 Å². The molecule has 1 aromatic carbocycles. The number of halogens is 1. The van der Waals surface area contributed by atoms with Gasteiger partial charge in [0.05, 0.1) is 11.6 Å². The van der Waals surface area contributed by atoms with Crippen LogP contribution < -0.4 is 0 Å². The smallest absolute Gasteiger partial charge is 0.342 e. The number of likely N-dealkylation sites (tertiary alicyclic amines) is 1. The zero-order valence-electron chi connectivity index (χ0n) is 19.8. The molecule has 1 saturated heterocycles. The molecule has 9 heteroatoms. The molecule has 2 heterocycles. The van der Waals surface area contributed by atoms with E-state index in [0.29, 0.717) is 12.0 Å². The van der Waals surface area contributed by atoms with Crippen LogP contribution in [0, 0.1) is 0 Å². The number of aromatic hydroxyl groups is 2. The highest BCUT2D eigenvalue weighted by molar-refractivity contribution is 6.33. The minimum Gasteiger partial charge on any atom is -0.507 e. The Kier molecular flexibility index (Phi) is 11.9. The summed E-state index contributed by atoms with van der Waals surface area (Å²) in [5, 5.41) is 28.5. The van der Waals surface area contributed by atoms with E-state index in [1.54, 1.807) is 11.9 Å². The number of phenols is 2. The number of hydrogen-bond donors (Lipinski definition) is 3. The molecule has 3 rings (SSSR count). The second kappa shape index (κ2) is 14.6. The van der Waals surface area contributed by atoms with Gasteiger partial charge < -0.3 is 25.0 Å². The molecular formula is C25H35ClN2O6. The van der Waals surface area contributed by atoms with E-state index in [-0.39, 0.29) is 47.6 Å². The second-order valence-corrected chi connectivity index (χ2v) is 8.67. The van der Waals surface area contributed by atoms with Crippen LogP contribution in [0.1, 0.15) is 67.3 Å². The summed E-state index contributed by atoms with van der Waals surface area (Å²) in [7, 11) is 1.69. The standard InChI is InChI=1S/C18H22ClNO4.C7H13NO2/c1-20-12-8-6-4-2-3-5-7-9-24-18(23)16-13(10-12)17(19)15(22)11-14(16)21;9-6-7(10)8-4-2-1-3-5-8/h3,5,11,21-22H,2,4,6-10H2,1H3;9H,1-6H2/b5-3+,20-12?;. The van der Waals surface area contributed by atoms with Crippen LogP contribution in [0.25, 0.3) is 0 Å². The average molecular weight is 495 g/mol. The number of phenolic OH excluding ortho intramolecular Hbond substituents is 2. The Morgan fingerprint density at radius 3 is 2.47 bits per heavy atom. The molecule has 8 nitrogen and oxygen atoms in total. The molecule has 0 saturated carbocycles. The molecule has 0 aliphatic carbocycles. The number of aliphatic hydroxyl groups excluding tert-OH is 1. The van der Waals surface area contributed by atoms with Crippen molar-refractivity contribution in [3.63, 3.8) is 0 Å². The largest absolute Gasteiger partial charge is 0.507 e. The van der Waals surface area contributed by atoms with Crippen LogP contribution in [0.4, 0.5) is 0 Å². The lowest BCUT2D eigenvalue weighted by atomic mass is 9.97. The van der Waals surface area contributed by atoms with Gasteiger partial charge in [-0.1, -0.05) is 23.8 Å². The third-order valence-electron chi connectivity index (χ3n) is 5.84. The lowest BCUT2D eigenvalue weighted by Crippen LogP contribution is -2.37. The van der Waals surface area contributed by atoms with Gasteiger partial charge in [-0.3, -0.25) is 9.79 Å². The van der Waals surface area contributed by atoms with Crippen LogP contribution >= 0.6 is 11.6 Å². The molecule has 2 aliphatic rings. The quantitative estimate of drug-likeness (QED) is 0.400. The van der Waals surface area contributed by atoms with Gasteiger partial charge >= 0.3 is 5.97 Å². The molecule has 0 aromatic heterocycles. The normalized spacial score (nSPS) is 19.8. The minimum absolute atomic E-state index is 0.0000102. The predicted octanol–water partition coefficient (Wildman–Crippen LogP) is 4.03. The predicted molar refractivity (Wildman–Crippen MR) is 132 cm³/mol. The van der Waals surface area contributed by atoms with E-state index in [1.165, 1.54) is 6.42 Å². The van der Waals surface area contributed by atoms with Crippen molar-refractivity contribution in [2.24, 2.45) is 4.99 Å². The van der Waals surface area contributed by atoms with Crippen LogP contribution in [0.5, 0.6) is 11.5 Å². The van der Waals surface area contributed by atoms with Crippen LogP contribution in [-0.4, -0.2) is 71.2 Å². The van der Waals surface area contributed by atoms with Crippen molar-refractivity contribution in [2.75, 3.05) is 33.4 Å². The number of amides is 1. The van der Waals surface area contributed by atoms with Crippen molar-refractivity contribution in [3.05, 3.63) is 34.4 Å². The number of aliphatic imine (C=N–C) groups is 1. The molecule has 0 spiro atoms. The molecular weight excluding hydrogens is 460 g/mol. The number of hydrogen-bond acceptors (Lipinski definition) is 7. The Morgan fingerprint density at radius 1 is 1.09 bits per heavy atom. The Hall–Kier alpha value is -2.58. The van der Waals surface area contributed by atoms with Crippen molar-refractivity contribution in [2.45, 2.75) is 57.8 Å². The second-order valence-electron chi connectivity index (χ2n) is 8.29. The first-order valence-electron chi connectivity index (χ1n) is 11.8. The highest BCUT2D eigenvalue weighted by Gasteiger charge is 2.24. The Labute approximate surface area is 205 Å². The summed E-state index contributed by atoms with van der Waals surface area (Å²) in [6.07, 6.45) is 12.1. The maximum Gasteiger partial charge on any atom is 0.342 e. The van der Waals surface area contributed by atoms with E-state index < -0.39 is 5.97 Å². The molecule has 1 aromatic rings. The first-order chi connectivity index (χ1) is 16.4. The molecule has 34 heavy (non-hydrogen) atoms. The van der Waals surface area contributed by atoms with Gasteiger partial charge in [0.1, 0.15) is 23.7 Å². The Morgan fingerprint density at radius 2 is 1.79 bits per heavy atom. The SMILES string of the molecule is CN=C1CCCC/C=C/CCOC(=O)c2c(O)cc(O)c(Cl)c2C1.O=C(CO)N1CCCCC1. The number of fused-ring (bicyclic) bond motifs is 1. The first kappa shape index (κ1) is 27.7. The van der Waals surface area contributed by atoms with Gasteiger partial charge in [0.15, 0.2) is 0 Å². The van der Waals surface area contributed by atoms with Crippen molar-refractivity contribution < 1.29 is 29.6 Å². The lowest BCUT2D eigenvalue weighted by molar-refractivity contribution is -0.135. The number of nitrogens with zero attached hydrogens (tertiary/aromatic N) is 2. The van der Waals surface area contributed by atoms with Gasteiger partial charge in [-0.25, -0.2) is 4.79 Å². The number of rotatable bonds is 1. The molecule has 1 amide bonds. The van der Waals surface area contributed by atoms with E-state index in [1.807, 2.05) is 6.08 Å². The van der Waals surface area contributed by atoms with E-state index in [9.17, 15) is 19.8 Å². The van der Waals surface area contributed by atoms with Gasteiger partial charge in [-0.05, 0) is 56.9 Å². The maximum atomic E-state index is 12.4. The fourth-order valence-corrected chi connectivity index (χ4v) is 4.14. The molecule has 0 bridgehead atoms. The fraction of sp³-hybridized carbons (Fsp3) is 0.560. The van der Waals surface area contributed by atoms with Crippen LogP contribution in [0.3, 0.4) is 0 Å². The van der Waals surface area contributed by atoms with E-state index in [2.05, 4.69) is 11.1 Å². The van der Waals surface area contributed by atoms with Crippen molar-refractivity contribution in [1.29, 1.82) is 0 Å². The molecule has 3 N–H and O–H groups in total. The van der Waals surface area contributed by atoms with E-state index >= 15 is 0 Å². The highest BCUT2D eigenvalue weighted by atomic mass is 35.5. The third kappa shape index (κ3) is 8.33. The summed E-state index contributed by atoms with van der Waals surface area (Å²) in [5.41, 5.74) is 1.21. The van der Waals surface area contributed by atoms with Crippen molar-refractivity contribution >= 4 is 29.2 Å². The number of cyclic esters (lactones) is 1. The van der Waals surface area contributed by atoms with Crippen LogP contribution in [-0.2, 0) is 16.0 Å². The first-order valence-corrected chi connectivity index (χ1v) is 12.1. The molecule has 0 atom stereocenters. The third-order valence-corrected chi connectivity index (χ3v) is 6.26. The molecule has 0 unspecified atom stereocenters. The van der Waals surface area contributed by atoms with Gasteiger partial charge in [-0.15, -0.1) is 0 Å². The van der Waals surface area contributed by atoms with E-state index in [4.69, 9.17) is 21.4 Å². The Balaban J connectivity index is 0.000000340. The molecule has 2 aliphatic heterocycles. The minimum atomic E-state index is -0.648. The van der Waals surface area contributed by atoms with Crippen molar-refractivity contribution in [3.8, 4) is 11.5 Å². The lowest BCUT2D eigenvalue weighted by Gasteiger charge is -2.25. The number of carbonyl (C=O) groups excluding carboxylic acids is 2. The number of allylic oxidation sites excluding steroid dienone is 1. The number of ether oxygens (including phenoxy) is 1. The van der Waals surface area contributed by atoms with Crippen molar-refractivity contribution in [1.82, 2.24) is 4.90 Å². The summed E-state index contributed by atoms with van der Waals surface area (Å²) in [4.78, 5) is 29.2. The number of esters is 1. The number of carbonyl (C=O) groups is 2. The molecule has 0 radical (unpaired) electrons. The van der Waals surface area contributed by atoms with Gasteiger partial charge in [-0.2, -0.15) is 0 Å². The summed E-state index contributed by atoms with van der Waals surface area (Å²) < 4.78 is 5.23. The molecule has 188 valence electrons. The fourth-order valence-electron chi connectivity index (χ4n) is 3.92. The number of piperidine rings is 1. The summed E-state index contributed by atoms with van der Waals surface area (Å²) in [6, 6.07) is 1.06. The van der Waals surface area contributed by atoms with Gasteiger partial charge in [0, 0.05) is 38.3 Å². The topological polar surface area (TPSA) is 120 Å². The highest BCUT2D eigenvalue weighted by Crippen LogP contribution is 2.37. The zero-order valence-corrected chi connectivity index (χ0v) is 20.5.